The maximum atomic E-state index is 12.5. The van der Waals surface area contributed by atoms with Crippen LogP contribution in [0.5, 0.6) is 0 Å². The summed E-state index contributed by atoms with van der Waals surface area (Å²) < 4.78 is 28.0. The molecule has 1 aromatic rings. The first-order valence-electron chi connectivity index (χ1n) is 7.90. The third-order valence-corrected chi connectivity index (χ3v) is 6.58. The molecule has 0 bridgehead atoms. The molecule has 24 heavy (non-hydrogen) atoms. The third kappa shape index (κ3) is 3.64. The van der Waals surface area contributed by atoms with Gasteiger partial charge in [-0.1, -0.05) is 11.6 Å². The Hall–Kier alpha value is -1.42. The third-order valence-electron chi connectivity index (χ3n) is 4.24. The molecule has 2 saturated heterocycles. The van der Waals surface area contributed by atoms with Crippen molar-refractivity contribution >= 4 is 33.5 Å². The van der Waals surface area contributed by atoms with Gasteiger partial charge in [0.1, 0.15) is 0 Å². The Kier molecular flexibility index (Phi) is 5.24. The maximum absolute atomic E-state index is 12.5. The minimum absolute atomic E-state index is 0.223. The fraction of sp³-hybridized carbons (Fsp3) is 0.571. The largest absolute Gasteiger partial charge is 0.322 e. The van der Waals surface area contributed by atoms with Crippen LogP contribution in [0.3, 0.4) is 0 Å². The van der Waals surface area contributed by atoms with Gasteiger partial charge in [0.2, 0.25) is 0 Å². The van der Waals surface area contributed by atoms with Crippen LogP contribution in [-0.2, 0) is 10.2 Å². The number of urea groups is 1. The average molecular weight is 374 g/mol. The summed E-state index contributed by atoms with van der Waals surface area (Å²) in [4.78, 5) is 17.8. The van der Waals surface area contributed by atoms with E-state index < -0.39 is 10.2 Å². The zero-order chi connectivity index (χ0) is 17.2. The van der Waals surface area contributed by atoms with Gasteiger partial charge in [-0.25, -0.2) is 9.78 Å². The number of nitrogens with one attached hydrogen (secondary N) is 1. The Bertz CT molecular complexity index is 700. The van der Waals surface area contributed by atoms with Gasteiger partial charge in [0, 0.05) is 45.5 Å². The number of piperazine rings is 1. The molecule has 132 valence electrons. The summed E-state index contributed by atoms with van der Waals surface area (Å²) in [5, 5.41) is 2.93. The number of pyridine rings is 1. The van der Waals surface area contributed by atoms with E-state index in [0.29, 0.717) is 45.0 Å². The Morgan fingerprint density at radius 1 is 1.08 bits per heavy atom. The van der Waals surface area contributed by atoms with Crippen LogP contribution in [-0.4, -0.2) is 72.2 Å². The number of amides is 2. The smallest absolute Gasteiger partial charge is 0.322 e. The lowest BCUT2D eigenvalue weighted by molar-refractivity contribution is 0.181. The normalized spacial score (nSPS) is 20.3. The summed E-state index contributed by atoms with van der Waals surface area (Å²) in [6.45, 7) is 2.46. The molecule has 3 rings (SSSR count). The molecular formula is C14H20ClN5O3S. The summed E-state index contributed by atoms with van der Waals surface area (Å²) in [5.41, 5.74) is 0.441. The molecule has 2 aliphatic heterocycles. The van der Waals surface area contributed by atoms with Gasteiger partial charge in [-0.2, -0.15) is 17.0 Å². The molecule has 0 aromatic carbocycles. The summed E-state index contributed by atoms with van der Waals surface area (Å²) in [5.74, 6) is 0. The van der Waals surface area contributed by atoms with E-state index in [1.165, 1.54) is 8.61 Å². The average Bonchev–Trinajstić information content (AvgIpc) is 3.12. The summed E-state index contributed by atoms with van der Waals surface area (Å²) >= 11 is 5.93. The van der Waals surface area contributed by atoms with Crippen molar-refractivity contribution in [2.45, 2.75) is 12.8 Å². The van der Waals surface area contributed by atoms with Crippen LogP contribution < -0.4 is 5.32 Å². The summed E-state index contributed by atoms with van der Waals surface area (Å²) in [6, 6.07) is 3.05. The van der Waals surface area contributed by atoms with Crippen molar-refractivity contribution in [3.05, 3.63) is 23.5 Å². The fourth-order valence-electron chi connectivity index (χ4n) is 2.88. The van der Waals surface area contributed by atoms with Crippen LogP contribution in [0.15, 0.2) is 18.3 Å². The van der Waals surface area contributed by atoms with Gasteiger partial charge >= 0.3 is 6.03 Å². The van der Waals surface area contributed by atoms with E-state index >= 15 is 0 Å². The highest BCUT2D eigenvalue weighted by atomic mass is 35.5. The number of nitrogens with zero attached hydrogens (tertiary/aromatic N) is 4. The molecular weight excluding hydrogens is 354 g/mol. The molecule has 1 N–H and O–H groups in total. The van der Waals surface area contributed by atoms with Crippen LogP contribution in [0.4, 0.5) is 10.5 Å². The lowest BCUT2D eigenvalue weighted by Gasteiger charge is -2.35. The summed E-state index contributed by atoms with van der Waals surface area (Å²) in [7, 11) is -3.40. The van der Waals surface area contributed by atoms with E-state index in [1.54, 1.807) is 23.2 Å². The highest BCUT2D eigenvalue weighted by molar-refractivity contribution is 7.86. The van der Waals surface area contributed by atoms with E-state index in [2.05, 4.69) is 10.3 Å². The van der Waals surface area contributed by atoms with Crippen LogP contribution in [0.2, 0.25) is 5.15 Å². The molecule has 3 heterocycles. The van der Waals surface area contributed by atoms with Crippen LogP contribution in [0, 0.1) is 0 Å². The predicted molar refractivity (Wildman–Crippen MR) is 91.1 cm³/mol. The standard InChI is InChI=1S/C14H20ClN5O3S/c15-13-12(4-3-5-16-13)17-14(21)18-8-10-20(11-9-18)24(22,23)19-6-1-2-7-19/h3-5H,1-2,6-11H2,(H,17,21). The number of hydrogen-bond donors (Lipinski definition) is 1. The van der Waals surface area contributed by atoms with Crippen molar-refractivity contribution in [2.75, 3.05) is 44.6 Å². The monoisotopic (exact) mass is 373 g/mol. The molecule has 8 nitrogen and oxygen atoms in total. The number of halogens is 1. The van der Waals surface area contributed by atoms with Crippen molar-refractivity contribution in [3.63, 3.8) is 0 Å². The Labute approximate surface area is 146 Å². The second kappa shape index (κ2) is 7.22. The first-order chi connectivity index (χ1) is 11.5. The number of hydrogen-bond acceptors (Lipinski definition) is 4. The molecule has 0 atom stereocenters. The number of rotatable bonds is 3. The zero-order valence-electron chi connectivity index (χ0n) is 13.2. The second-order valence-electron chi connectivity index (χ2n) is 5.77. The number of aromatic nitrogens is 1. The van der Waals surface area contributed by atoms with Crippen LogP contribution in [0.1, 0.15) is 12.8 Å². The molecule has 10 heteroatoms. The predicted octanol–water partition coefficient (Wildman–Crippen LogP) is 1.23. The van der Waals surface area contributed by atoms with Crippen molar-refractivity contribution in [2.24, 2.45) is 0 Å². The highest BCUT2D eigenvalue weighted by Crippen LogP contribution is 2.20. The molecule has 2 aliphatic rings. The van der Waals surface area contributed by atoms with Gasteiger partial charge in [0.05, 0.1) is 5.69 Å². The maximum Gasteiger partial charge on any atom is 0.322 e. The van der Waals surface area contributed by atoms with Gasteiger partial charge in [-0.3, -0.25) is 0 Å². The van der Waals surface area contributed by atoms with Gasteiger partial charge in [0.15, 0.2) is 5.15 Å². The molecule has 0 radical (unpaired) electrons. The number of anilines is 1. The van der Waals surface area contributed by atoms with E-state index in [0.717, 1.165) is 12.8 Å². The zero-order valence-corrected chi connectivity index (χ0v) is 14.8. The van der Waals surface area contributed by atoms with Crippen molar-refractivity contribution in [1.29, 1.82) is 0 Å². The molecule has 0 spiro atoms. The van der Waals surface area contributed by atoms with Gasteiger partial charge in [-0.05, 0) is 25.0 Å². The molecule has 0 unspecified atom stereocenters. The van der Waals surface area contributed by atoms with Gasteiger partial charge in [0.25, 0.3) is 10.2 Å². The molecule has 1 aromatic heterocycles. The SMILES string of the molecule is O=C(Nc1cccnc1Cl)N1CCN(S(=O)(=O)N2CCCC2)CC1. The first-order valence-corrected chi connectivity index (χ1v) is 9.67. The van der Waals surface area contributed by atoms with Crippen LogP contribution in [0.25, 0.3) is 0 Å². The molecule has 2 fully saturated rings. The first kappa shape index (κ1) is 17.4. The van der Waals surface area contributed by atoms with E-state index in [1.807, 2.05) is 0 Å². The summed E-state index contributed by atoms with van der Waals surface area (Å²) in [6.07, 6.45) is 3.36. The van der Waals surface area contributed by atoms with Crippen molar-refractivity contribution in [1.82, 2.24) is 18.5 Å². The lowest BCUT2D eigenvalue weighted by atomic mass is 10.4. The van der Waals surface area contributed by atoms with Crippen molar-refractivity contribution in [3.8, 4) is 0 Å². The number of carbonyl (C=O) groups is 1. The highest BCUT2D eigenvalue weighted by Gasteiger charge is 2.34. The Morgan fingerprint density at radius 2 is 1.71 bits per heavy atom. The second-order valence-corrected chi connectivity index (χ2v) is 8.06. The minimum Gasteiger partial charge on any atom is -0.322 e. The minimum atomic E-state index is -3.40. The van der Waals surface area contributed by atoms with E-state index in [4.69, 9.17) is 11.6 Å². The van der Waals surface area contributed by atoms with Crippen molar-refractivity contribution < 1.29 is 13.2 Å². The van der Waals surface area contributed by atoms with E-state index in [-0.39, 0.29) is 11.2 Å². The quantitative estimate of drug-likeness (QED) is 0.807. The van der Waals surface area contributed by atoms with Gasteiger partial charge < -0.3 is 10.2 Å². The van der Waals surface area contributed by atoms with E-state index in [9.17, 15) is 13.2 Å². The lowest BCUT2D eigenvalue weighted by Crippen LogP contribution is -2.54. The fourth-order valence-corrected chi connectivity index (χ4v) is 4.72. The molecule has 2 amide bonds. The molecule has 0 saturated carbocycles. The Morgan fingerprint density at radius 3 is 2.33 bits per heavy atom. The number of carbonyl (C=O) groups excluding carboxylic acids is 1. The van der Waals surface area contributed by atoms with Gasteiger partial charge in [-0.15, -0.1) is 0 Å². The van der Waals surface area contributed by atoms with Crippen LogP contribution >= 0.6 is 11.6 Å². The molecule has 0 aliphatic carbocycles. The Balaban J connectivity index is 1.57. The topological polar surface area (TPSA) is 85.9 Å².